The van der Waals surface area contributed by atoms with E-state index in [4.69, 9.17) is 9.47 Å². The van der Waals surface area contributed by atoms with Crippen LogP contribution < -0.4 is 15.0 Å². The predicted molar refractivity (Wildman–Crippen MR) is 78.6 cm³/mol. The number of rotatable bonds is 4. The van der Waals surface area contributed by atoms with E-state index >= 15 is 0 Å². The van der Waals surface area contributed by atoms with Crippen LogP contribution in [0.2, 0.25) is 0 Å². The van der Waals surface area contributed by atoms with Crippen LogP contribution in [0, 0.1) is 5.21 Å². The van der Waals surface area contributed by atoms with Crippen molar-refractivity contribution in [3.05, 3.63) is 51.6 Å². The van der Waals surface area contributed by atoms with E-state index in [9.17, 15) is 14.8 Å². The highest BCUT2D eigenvalue weighted by atomic mass is 16.6. The summed E-state index contributed by atoms with van der Waals surface area (Å²) in [6.07, 6.45) is 0. The fraction of sp³-hybridized carbons (Fsp3) is 0.267. The Morgan fingerprint density at radius 3 is 2.50 bits per heavy atom. The third-order valence-corrected chi connectivity index (χ3v) is 3.14. The molecule has 1 aromatic heterocycles. The number of hydrogen-bond donors (Lipinski definition) is 0. The average molecular weight is 304 g/mol. The Morgan fingerprint density at radius 1 is 1.32 bits per heavy atom. The summed E-state index contributed by atoms with van der Waals surface area (Å²) in [5, 5.41) is 12.5. The number of aromatic nitrogens is 2. The molecule has 0 bridgehead atoms. The number of carbonyl (C=O) groups is 1. The number of ether oxygens (including phenoxy) is 2. The van der Waals surface area contributed by atoms with E-state index in [2.05, 4.69) is 0 Å². The Bertz CT molecular complexity index is 753. The van der Waals surface area contributed by atoms with Crippen molar-refractivity contribution in [3.8, 4) is 17.1 Å². The number of carbonyl (C=O) groups excluding carboxylic acids is 1. The van der Waals surface area contributed by atoms with Crippen molar-refractivity contribution in [1.29, 1.82) is 0 Å². The molecule has 0 aliphatic heterocycles. The van der Waals surface area contributed by atoms with Gasteiger partial charge >= 0.3 is 17.4 Å². The summed E-state index contributed by atoms with van der Waals surface area (Å²) in [6.45, 7) is 1.75. The molecule has 7 heteroatoms. The Morgan fingerprint density at radius 2 is 1.95 bits per heavy atom. The second-order valence-electron chi connectivity index (χ2n) is 4.45. The smallest absolute Gasteiger partial charge is 0.412 e. The van der Waals surface area contributed by atoms with Gasteiger partial charge in [0.05, 0.1) is 19.3 Å². The highest BCUT2D eigenvalue weighted by Gasteiger charge is 2.31. The van der Waals surface area contributed by atoms with E-state index in [1.165, 1.54) is 14.2 Å². The Kier molecular flexibility index (Phi) is 4.45. The first-order valence-corrected chi connectivity index (χ1v) is 6.66. The Labute approximate surface area is 126 Å². The van der Waals surface area contributed by atoms with Crippen LogP contribution in [-0.2, 0) is 11.8 Å². The third kappa shape index (κ3) is 2.52. The molecule has 2 aromatic rings. The maximum absolute atomic E-state index is 12.5. The highest BCUT2D eigenvalue weighted by molar-refractivity contribution is 5.89. The molecule has 0 radical (unpaired) electrons. The van der Waals surface area contributed by atoms with Gasteiger partial charge in [0.2, 0.25) is 5.69 Å². The minimum absolute atomic E-state index is 0.118. The minimum atomic E-state index is -0.789. The molecular formula is C15H16N2O5. The van der Waals surface area contributed by atoms with Gasteiger partial charge in [-0.2, -0.15) is 0 Å². The van der Waals surface area contributed by atoms with Crippen LogP contribution in [0.25, 0.3) is 11.3 Å². The monoisotopic (exact) mass is 304 g/mol. The van der Waals surface area contributed by atoms with Crippen molar-refractivity contribution in [1.82, 2.24) is 4.57 Å². The molecule has 116 valence electrons. The third-order valence-electron chi connectivity index (χ3n) is 3.14. The van der Waals surface area contributed by atoms with E-state index in [1.54, 1.807) is 37.3 Å². The molecule has 0 aliphatic carbocycles. The zero-order valence-corrected chi connectivity index (χ0v) is 12.5. The molecule has 0 spiro atoms. The lowest BCUT2D eigenvalue weighted by atomic mass is 10.1. The minimum Gasteiger partial charge on any atom is -0.615 e. The maximum Gasteiger partial charge on any atom is 0.412 e. The summed E-state index contributed by atoms with van der Waals surface area (Å²) >= 11 is 0. The summed E-state index contributed by atoms with van der Waals surface area (Å²) in [5.41, 5.74) is -0.506. The van der Waals surface area contributed by atoms with Crippen LogP contribution in [0.15, 0.2) is 35.1 Å². The van der Waals surface area contributed by atoms with Gasteiger partial charge in [0, 0.05) is 7.05 Å². The van der Waals surface area contributed by atoms with Crippen molar-refractivity contribution in [2.24, 2.45) is 7.05 Å². The van der Waals surface area contributed by atoms with Crippen molar-refractivity contribution in [2.75, 3.05) is 13.7 Å². The van der Waals surface area contributed by atoms with Gasteiger partial charge in [0.15, 0.2) is 0 Å². The molecule has 0 atom stereocenters. The molecular weight excluding hydrogens is 288 g/mol. The number of nitrogens with zero attached hydrogens (tertiary/aromatic N) is 2. The van der Waals surface area contributed by atoms with Crippen molar-refractivity contribution in [3.63, 3.8) is 0 Å². The number of methoxy groups -OCH3 is 1. The first-order chi connectivity index (χ1) is 10.5. The van der Waals surface area contributed by atoms with Gasteiger partial charge in [0.1, 0.15) is 0 Å². The molecule has 1 aromatic carbocycles. The number of benzene rings is 1. The lowest BCUT2D eigenvalue weighted by molar-refractivity contribution is -0.602. The predicted octanol–water partition coefficient (Wildman–Crippen LogP) is 0.871. The Balaban J connectivity index is 2.79. The van der Waals surface area contributed by atoms with Gasteiger partial charge in [-0.3, -0.25) is 9.36 Å². The zero-order valence-electron chi connectivity index (χ0n) is 12.5. The van der Waals surface area contributed by atoms with Crippen LogP contribution in [0.3, 0.4) is 0 Å². The lowest BCUT2D eigenvalue weighted by Gasteiger charge is -2.14. The number of hydrogen-bond acceptors (Lipinski definition) is 5. The van der Waals surface area contributed by atoms with Crippen molar-refractivity contribution >= 4 is 5.97 Å². The number of esters is 1. The van der Waals surface area contributed by atoms with Crippen LogP contribution in [-0.4, -0.2) is 24.3 Å². The van der Waals surface area contributed by atoms with E-state index in [0.717, 1.165) is 4.57 Å². The molecule has 0 unspecified atom stereocenters. The van der Waals surface area contributed by atoms with E-state index in [0.29, 0.717) is 10.3 Å². The molecule has 7 nitrogen and oxygen atoms in total. The van der Waals surface area contributed by atoms with Crippen LogP contribution >= 0.6 is 0 Å². The summed E-state index contributed by atoms with van der Waals surface area (Å²) < 4.78 is 11.3. The fourth-order valence-corrected chi connectivity index (χ4v) is 2.13. The SMILES string of the molecule is CCOC(=O)c1c(OC)[n+]([O-])c(-c2ccccc2)c(=O)n1C. The molecule has 0 saturated heterocycles. The standard InChI is InChI=1S/C15H16N2O5/c1-4-22-15(19)12-14(21-3)17(20)11(13(18)16(12)2)10-8-6-5-7-9-10/h5-9H,4H2,1-3H3. The topological polar surface area (TPSA) is 84.5 Å². The first-order valence-electron chi connectivity index (χ1n) is 6.66. The molecule has 0 amide bonds. The fourth-order valence-electron chi connectivity index (χ4n) is 2.13. The highest BCUT2D eigenvalue weighted by Crippen LogP contribution is 2.18. The molecule has 2 rings (SSSR count). The lowest BCUT2D eigenvalue weighted by Crippen LogP contribution is -2.43. The summed E-state index contributed by atoms with van der Waals surface area (Å²) in [4.78, 5) is 24.4. The molecule has 1 heterocycles. The second-order valence-corrected chi connectivity index (χ2v) is 4.45. The van der Waals surface area contributed by atoms with Gasteiger partial charge in [-0.25, -0.2) is 4.79 Å². The normalized spacial score (nSPS) is 10.3. The molecule has 0 fully saturated rings. The molecule has 22 heavy (non-hydrogen) atoms. The quantitative estimate of drug-likeness (QED) is 0.475. The molecule has 0 aliphatic rings. The van der Waals surface area contributed by atoms with Crippen LogP contribution in [0.1, 0.15) is 17.4 Å². The summed E-state index contributed by atoms with van der Waals surface area (Å²) in [5.74, 6) is -1.07. The van der Waals surface area contributed by atoms with Crippen molar-refractivity contribution < 1.29 is 19.0 Å². The average Bonchev–Trinajstić information content (AvgIpc) is 2.52. The van der Waals surface area contributed by atoms with E-state index < -0.39 is 11.5 Å². The van der Waals surface area contributed by atoms with Gasteiger partial charge in [0.25, 0.3) is 5.69 Å². The largest absolute Gasteiger partial charge is 0.615 e. The summed E-state index contributed by atoms with van der Waals surface area (Å²) in [7, 11) is 2.65. The molecule has 0 N–H and O–H groups in total. The van der Waals surface area contributed by atoms with Gasteiger partial charge in [-0.05, 0) is 19.1 Å². The zero-order chi connectivity index (χ0) is 16.3. The van der Waals surface area contributed by atoms with Gasteiger partial charge in [-0.15, -0.1) is 4.73 Å². The Hall–Kier alpha value is -2.83. The molecule has 0 saturated carbocycles. The van der Waals surface area contributed by atoms with Crippen LogP contribution in [0.4, 0.5) is 0 Å². The second kappa shape index (κ2) is 6.30. The van der Waals surface area contributed by atoms with E-state index in [1.807, 2.05) is 0 Å². The van der Waals surface area contributed by atoms with Gasteiger partial charge in [-0.1, -0.05) is 18.2 Å². The van der Waals surface area contributed by atoms with Gasteiger partial charge < -0.3 is 14.7 Å². The maximum atomic E-state index is 12.5. The van der Waals surface area contributed by atoms with Crippen LogP contribution in [0.5, 0.6) is 5.88 Å². The first kappa shape index (κ1) is 15.6. The van der Waals surface area contributed by atoms with Crippen molar-refractivity contribution in [2.45, 2.75) is 6.92 Å². The summed E-state index contributed by atoms with van der Waals surface area (Å²) in [6, 6.07) is 8.46. The van der Waals surface area contributed by atoms with E-state index in [-0.39, 0.29) is 23.9 Å².